The zero-order valence-electron chi connectivity index (χ0n) is 37.3. The van der Waals surface area contributed by atoms with Crippen molar-refractivity contribution in [1.29, 1.82) is 0 Å². The summed E-state index contributed by atoms with van der Waals surface area (Å²) in [5, 5.41) is 11.6. The number of hydrogen-bond acceptors (Lipinski definition) is 7. The fraction of sp³-hybridized carbons (Fsp3) is 0.854. The van der Waals surface area contributed by atoms with Crippen LogP contribution in [0.5, 0.6) is 0 Å². The summed E-state index contributed by atoms with van der Waals surface area (Å²) in [6.07, 6.45) is 43.4. The molecule has 0 rings (SSSR count). The highest BCUT2D eigenvalue weighted by molar-refractivity contribution is 5.70. The Labute approximate surface area is 345 Å². The molecule has 0 spiro atoms. The number of hydrogen-bond donors (Lipinski definition) is 0. The number of aliphatic carboxylic acids is 1. The Morgan fingerprint density at radius 2 is 0.946 bits per heavy atom. The normalized spacial score (nSPS) is 13.1. The van der Waals surface area contributed by atoms with E-state index in [4.69, 9.17) is 14.2 Å². The van der Waals surface area contributed by atoms with Gasteiger partial charge in [0.25, 0.3) is 0 Å². The summed E-state index contributed by atoms with van der Waals surface area (Å²) in [6.45, 7) is 4.64. The van der Waals surface area contributed by atoms with Crippen LogP contribution in [0.25, 0.3) is 0 Å². The van der Waals surface area contributed by atoms with Crippen molar-refractivity contribution < 1.29 is 38.2 Å². The molecule has 8 heteroatoms. The molecular weight excluding hydrogens is 703 g/mol. The Balaban J connectivity index is 4.30. The van der Waals surface area contributed by atoms with Crippen molar-refractivity contribution in [2.24, 2.45) is 0 Å². The molecule has 0 saturated carbocycles. The lowest BCUT2D eigenvalue weighted by molar-refractivity contribution is -0.889. The van der Waals surface area contributed by atoms with Crippen LogP contribution in [0.4, 0.5) is 0 Å². The third kappa shape index (κ3) is 37.4. The molecular formula is C48H89NO7. The molecule has 0 amide bonds. The first-order chi connectivity index (χ1) is 27.1. The number of nitrogens with zero attached hydrogens (tertiary/aromatic N) is 1. The number of ether oxygens (including phenoxy) is 3. The van der Waals surface area contributed by atoms with Gasteiger partial charge in [0.1, 0.15) is 12.6 Å². The van der Waals surface area contributed by atoms with Crippen LogP contribution >= 0.6 is 0 Å². The Hall–Kier alpha value is -2.19. The quantitative estimate of drug-likeness (QED) is 0.0262. The highest BCUT2D eigenvalue weighted by Gasteiger charge is 2.25. The minimum atomic E-state index is -1.13. The largest absolute Gasteiger partial charge is 0.544 e. The number of rotatable bonds is 42. The maximum absolute atomic E-state index is 12.7. The predicted octanol–water partition coefficient (Wildman–Crippen LogP) is 11.5. The first-order valence-corrected chi connectivity index (χ1v) is 23.4. The third-order valence-corrected chi connectivity index (χ3v) is 10.6. The molecule has 0 bridgehead atoms. The van der Waals surface area contributed by atoms with E-state index < -0.39 is 18.1 Å². The molecule has 0 fully saturated rings. The Morgan fingerprint density at radius 1 is 0.536 bits per heavy atom. The van der Waals surface area contributed by atoms with Gasteiger partial charge in [0.15, 0.2) is 6.10 Å². The van der Waals surface area contributed by atoms with Gasteiger partial charge in [-0.15, -0.1) is 0 Å². The minimum absolute atomic E-state index is 0.0389. The topological polar surface area (TPSA) is 102 Å². The average Bonchev–Trinajstić information content (AvgIpc) is 3.15. The second-order valence-electron chi connectivity index (χ2n) is 17.0. The number of quaternary nitrogens is 1. The zero-order chi connectivity index (χ0) is 41.4. The van der Waals surface area contributed by atoms with Crippen LogP contribution < -0.4 is 5.11 Å². The number of carbonyl (C=O) groups excluding carboxylic acids is 3. The summed E-state index contributed by atoms with van der Waals surface area (Å²) >= 11 is 0. The van der Waals surface area contributed by atoms with Gasteiger partial charge in [-0.1, -0.05) is 173 Å². The van der Waals surface area contributed by atoms with Crippen LogP contribution in [-0.2, 0) is 28.6 Å². The summed E-state index contributed by atoms with van der Waals surface area (Å²) < 4.78 is 17.2. The van der Waals surface area contributed by atoms with Crippen LogP contribution in [-0.4, -0.2) is 75.5 Å². The molecule has 0 aromatic rings. The van der Waals surface area contributed by atoms with E-state index in [-0.39, 0.29) is 42.7 Å². The smallest absolute Gasteiger partial charge is 0.306 e. The van der Waals surface area contributed by atoms with Crippen molar-refractivity contribution in [3.63, 3.8) is 0 Å². The molecule has 0 N–H and O–H groups in total. The molecule has 0 aliphatic carbocycles. The highest BCUT2D eigenvalue weighted by Crippen LogP contribution is 2.15. The van der Waals surface area contributed by atoms with Crippen LogP contribution in [0.1, 0.15) is 213 Å². The number of allylic oxidation sites excluding steroid dienone is 4. The number of unbranched alkanes of at least 4 members (excludes halogenated alkanes) is 24. The molecule has 0 aromatic carbocycles. The Bertz CT molecular complexity index is 973. The summed E-state index contributed by atoms with van der Waals surface area (Å²) in [6, 6.07) is -0.725. The van der Waals surface area contributed by atoms with Gasteiger partial charge < -0.3 is 28.6 Å². The summed E-state index contributed by atoms with van der Waals surface area (Å²) in [7, 11) is 5.41. The zero-order valence-corrected chi connectivity index (χ0v) is 37.3. The monoisotopic (exact) mass is 792 g/mol. The Kier molecular flexibility index (Phi) is 38.1. The first kappa shape index (κ1) is 53.8. The third-order valence-electron chi connectivity index (χ3n) is 10.6. The lowest BCUT2D eigenvalue weighted by Crippen LogP contribution is -2.55. The lowest BCUT2D eigenvalue weighted by Gasteiger charge is -2.34. The van der Waals surface area contributed by atoms with E-state index in [1.165, 1.54) is 116 Å². The van der Waals surface area contributed by atoms with Crippen LogP contribution in [0.3, 0.4) is 0 Å². The fourth-order valence-corrected chi connectivity index (χ4v) is 6.93. The summed E-state index contributed by atoms with van der Waals surface area (Å²) in [4.78, 5) is 36.9. The molecule has 8 nitrogen and oxygen atoms in total. The average molecular weight is 792 g/mol. The van der Waals surface area contributed by atoms with Crippen molar-refractivity contribution in [3.8, 4) is 0 Å². The SMILES string of the molecule is CCCCC/C=C\C/C=C\CCCCCCCC(=O)OC(COCCC(C(=O)[O-])[N+](C)(C)C)COC(=O)CCCCCCCCCCCCCCCCCCC. The van der Waals surface area contributed by atoms with Gasteiger partial charge in [-0.05, 0) is 44.9 Å². The van der Waals surface area contributed by atoms with Gasteiger partial charge in [0, 0.05) is 19.3 Å². The second kappa shape index (κ2) is 39.6. The van der Waals surface area contributed by atoms with Crippen LogP contribution in [0.2, 0.25) is 0 Å². The molecule has 0 saturated heterocycles. The number of carbonyl (C=O) groups is 3. The molecule has 0 aromatic heterocycles. The molecule has 0 aliphatic heterocycles. The first-order valence-electron chi connectivity index (χ1n) is 23.4. The summed E-state index contributed by atoms with van der Waals surface area (Å²) in [5.74, 6) is -1.74. The molecule has 2 atom stereocenters. The van der Waals surface area contributed by atoms with Crippen LogP contribution in [0, 0.1) is 0 Å². The van der Waals surface area contributed by atoms with E-state index in [9.17, 15) is 19.5 Å². The maximum atomic E-state index is 12.7. The second-order valence-corrected chi connectivity index (χ2v) is 17.0. The van der Waals surface area contributed by atoms with Crippen molar-refractivity contribution in [1.82, 2.24) is 0 Å². The van der Waals surface area contributed by atoms with E-state index in [0.717, 1.165) is 64.2 Å². The van der Waals surface area contributed by atoms with E-state index in [1.807, 2.05) is 0 Å². The summed E-state index contributed by atoms with van der Waals surface area (Å²) in [5.41, 5.74) is 0. The minimum Gasteiger partial charge on any atom is -0.544 e. The van der Waals surface area contributed by atoms with Crippen molar-refractivity contribution in [2.75, 3.05) is 41.0 Å². The molecule has 2 unspecified atom stereocenters. The van der Waals surface area contributed by atoms with Crippen molar-refractivity contribution >= 4 is 17.9 Å². The molecule has 0 radical (unpaired) electrons. The van der Waals surface area contributed by atoms with Crippen molar-refractivity contribution in [3.05, 3.63) is 24.3 Å². The highest BCUT2D eigenvalue weighted by atomic mass is 16.6. The molecule has 0 heterocycles. The fourth-order valence-electron chi connectivity index (χ4n) is 6.93. The van der Waals surface area contributed by atoms with Crippen molar-refractivity contribution in [2.45, 2.75) is 225 Å². The van der Waals surface area contributed by atoms with E-state index in [2.05, 4.69) is 38.2 Å². The van der Waals surface area contributed by atoms with Gasteiger partial charge in [0.05, 0.1) is 40.3 Å². The number of carboxylic acid groups (broad SMARTS) is 1. The van der Waals surface area contributed by atoms with Gasteiger partial charge in [-0.2, -0.15) is 0 Å². The number of carboxylic acids is 1. The number of likely N-dealkylation sites (N-methyl/N-ethyl adjacent to an activating group) is 1. The molecule has 56 heavy (non-hydrogen) atoms. The Morgan fingerprint density at radius 3 is 1.41 bits per heavy atom. The molecule has 0 aliphatic rings. The lowest BCUT2D eigenvalue weighted by atomic mass is 10.0. The van der Waals surface area contributed by atoms with Gasteiger partial charge >= 0.3 is 11.9 Å². The van der Waals surface area contributed by atoms with E-state index >= 15 is 0 Å². The van der Waals surface area contributed by atoms with E-state index in [1.54, 1.807) is 21.1 Å². The standard InChI is InChI=1S/C48H89NO7/c1-6-8-10-12-14-16-18-20-22-23-25-26-28-30-32-34-36-38-46(50)55-43-44(42-54-41-40-45(48(52)53)49(3,4)5)56-47(51)39-37-35-33-31-29-27-24-21-19-17-15-13-11-9-7-2/h15,17,21,24,44-45H,6-14,16,18-20,22-23,25-43H2,1-5H3/b17-15-,24-21-. The maximum Gasteiger partial charge on any atom is 0.306 e. The van der Waals surface area contributed by atoms with Gasteiger partial charge in [-0.25, -0.2) is 0 Å². The van der Waals surface area contributed by atoms with Gasteiger partial charge in [0.2, 0.25) is 0 Å². The molecule has 328 valence electrons. The van der Waals surface area contributed by atoms with E-state index in [0.29, 0.717) is 12.8 Å². The van der Waals surface area contributed by atoms with Crippen LogP contribution in [0.15, 0.2) is 24.3 Å². The number of esters is 2. The predicted molar refractivity (Wildman–Crippen MR) is 231 cm³/mol. The van der Waals surface area contributed by atoms with Gasteiger partial charge in [-0.3, -0.25) is 9.59 Å².